The lowest BCUT2D eigenvalue weighted by Gasteiger charge is -2.17. The number of tetrazole rings is 1. The molecule has 0 unspecified atom stereocenters. The number of hydrogen-bond donors (Lipinski definition) is 1. The van der Waals surface area contributed by atoms with Crippen molar-refractivity contribution >= 4 is 29.0 Å². The van der Waals surface area contributed by atoms with Crippen LogP contribution in [0.15, 0.2) is 47.6 Å². The lowest BCUT2D eigenvalue weighted by atomic mass is 10.1. The Labute approximate surface area is 174 Å². The van der Waals surface area contributed by atoms with Crippen LogP contribution in [-0.4, -0.2) is 45.0 Å². The molecule has 0 spiro atoms. The van der Waals surface area contributed by atoms with Gasteiger partial charge in [-0.2, -0.15) is 4.68 Å². The van der Waals surface area contributed by atoms with E-state index in [9.17, 15) is 4.79 Å². The Bertz CT molecular complexity index is 974. The van der Waals surface area contributed by atoms with Crippen LogP contribution >= 0.6 is 11.8 Å². The molecule has 8 heteroatoms. The van der Waals surface area contributed by atoms with Crippen molar-refractivity contribution in [3.8, 4) is 5.69 Å². The highest BCUT2D eigenvalue weighted by atomic mass is 32.2. The second kappa shape index (κ2) is 8.65. The quantitative estimate of drug-likeness (QED) is 0.628. The van der Waals surface area contributed by atoms with Crippen LogP contribution in [0.5, 0.6) is 0 Å². The molecular formula is C21H24N6OS. The summed E-state index contributed by atoms with van der Waals surface area (Å²) in [6.07, 6.45) is 2.49. The summed E-state index contributed by atoms with van der Waals surface area (Å²) in [5.41, 5.74) is 5.19. The first-order chi connectivity index (χ1) is 14.1. The molecule has 150 valence electrons. The number of thioether (sulfide) groups is 1. The number of aromatic nitrogens is 4. The Balaban J connectivity index is 1.36. The van der Waals surface area contributed by atoms with Crippen molar-refractivity contribution in [1.29, 1.82) is 0 Å². The van der Waals surface area contributed by atoms with Crippen molar-refractivity contribution in [3.63, 3.8) is 0 Å². The van der Waals surface area contributed by atoms with Crippen molar-refractivity contribution in [1.82, 2.24) is 20.2 Å². The average molecular weight is 409 g/mol. The molecule has 1 aromatic heterocycles. The summed E-state index contributed by atoms with van der Waals surface area (Å²) in [5.74, 6) is 0.151. The van der Waals surface area contributed by atoms with Gasteiger partial charge in [0.2, 0.25) is 11.1 Å². The number of nitrogens with zero attached hydrogens (tertiary/aromatic N) is 5. The average Bonchev–Trinajstić information content (AvgIpc) is 3.38. The minimum atomic E-state index is -0.0844. The Morgan fingerprint density at radius 3 is 2.41 bits per heavy atom. The number of carbonyl (C=O) groups is 1. The van der Waals surface area contributed by atoms with Gasteiger partial charge in [-0.25, -0.2) is 0 Å². The molecule has 1 amide bonds. The standard InChI is InChI=1S/C21H24N6OS/c1-15-11-16(2)13-19(12-15)27-21(23-24-25-27)29-14-20(28)22-17-5-7-18(8-6-17)26-9-3-4-10-26/h5-8,11-13H,3-4,9-10,14H2,1-2H3,(H,22,28). The van der Waals surface area contributed by atoms with Crippen molar-refractivity contribution in [2.75, 3.05) is 29.1 Å². The third kappa shape index (κ3) is 4.76. The highest BCUT2D eigenvalue weighted by Gasteiger charge is 2.14. The van der Waals surface area contributed by atoms with E-state index in [-0.39, 0.29) is 11.7 Å². The summed E-state index contributed by atoms with van der Waals surface area (Å²) in [7, 11) is 0. The number of benzene rings is 2. The van der Waals surface area contributed by atoms with Crippen LogP contribution in [0, 0.1) is 13.8 Å². The summed E-state index contributed by atoms with van der Waals surface area (Å²) >= 11 is 1.32. The highest BCUT2D eigenvalue weighted by Crippen LogP contribution is 2.23. The van der Waals surface area contributed by atoms with E-state index in [4.69, 9.17) is 0 Å². The summed E-state index contributed by atoms with van der Waals surface area (Å²) in [5, 5.41) is 15.5. The van der Waals surface area contributed by atoms with Gasteiger partial charge in [0.1, 0.15) is 0 Å². The normalized spacial score (nSPS) is 13.7. The number of hydrogen-bond acceptors (Lipinski definition) is 6. The van der Waals surface area contributed by atoms with E-state index in [1.54, 1.807) is 4.68 Å². The zero-order chi connectivity index (χ0) is 20.2. The van der Waals surface area contributed by atoms with Crippen LogP contribution in [0.3, 0.4) is 0 Å². The second-order valence-electron chi connectivity index (χ2n) is 7.30. The number of anilines is 2. The van der Waals surface area contributed by atoms with Gasteiger partial charge in [0, 0.05) is 24.5 Å². The molecule has 1 N–H and O–H groups in total. The Morgan fingerprint density at radius 1 is 1.03 bits per heavy atom. The van der Waals surface area contributed by atoms with Crippen LogP contribution in [0.1, 0.15) is 24.0 Å². The maximum atomic E-state index is 12.4. The van der Waals surface area contributed by atoms with E-state index in [0.717, 1.165) is 35.6 Å². The van der Waals surface area contributed by atoms with Gasteiger partial charge in [-0.05, 0) is 84.6 Å². The number of aryl methyl sites for hydroxylation is 2. The Morgan fingerprint density at radius 2 is 1.72 bits per heavy atom. The fourth-order valence-electron chi connectivity index (χ4n) is 3.56. The molecule has 0 saturated carbocycles. The summed E-state index contributed by atoms with van der Waals surface area (Å²) in [6.45, 7) is 6.29. The van der Waals surface area contributed by atoms with E-state index in [1.807, 2.05) is 38.1 Å². The number of rotatable bonds is 6. The third-order valence-corrected chi connectivity index (χ3v) is 5.77. The fraction of sp³-hybridized carbons (Fsp3) is 0.333. The monoisotopic (exact) mass is 408 g/mol. The summed E-state index contributed by atoms with van der Waals surface area (Å²) in [6, 6.07) is 14.2. The maximum absolute atomic E-state index is 12.4. The van der Waals surface area contributed by atoms with Crippen LogP contribution < -0.4 is 10.2 Å². The highest BCUT2D eigenvalue weighted by molar-refractivity contribution is 7.99. The molecular weight excluding hydrogens is 384 g/mol. The zero-order valence-corrected chi connectivity index (χ0v) is 17.4. The molecule has 0 atom stereocenters. The second-order valence-corrected chi connectivity index (χ2v) is 8.24. The van der Waals surface area contributed by atoms with Gasteiger partial charge in [-0.1, -0.05) is 17.8 Å². The number of carbonyl (C=O) groups excluding carboxylic acids is 1. The van der Waals surface area contributed by atoms with Crippen molar-refractivity contribution in [2.45, 2.75) is 31.8 Å². The SMILES string of the molecule is Cc1cc(C)cc(-n2nnnc2SCC(=O)Nc2ccc(N3CCCC3)cc2)c1. The van der Waals surface area contributed by atoms with Crippen molar-refractivity contribution in [2.24, 2.45) is 0 Å². The minimum absolute atomic E-state index is 0.0844. The predicted octanol–water partition coefficient (Wildman–Crippen LogP) is 3.61. The summed E-state index contributed by atoms with van der Waals surface area (Å²) in [4.78, 5) is 14.8. The van der Waals surface area contributed by atoms with Crippen LogP contribution in [0.4, 0.5) is 11.4 Å². The van der Waals surface area contributed by atoms with Gasteiger partial charge >= 0.3 is 0 Å². The van der Waals surface area contributed by atoms with E-state index in [2.05, 4.69) is 43.9 Å². The first-order valence-electron chi connectivity index (χ1n) is 9.73. The molecule has 1 fully saturated rings. The van der Waals surface area contributed by atoms with Gasteiger partial charge < -0.3 is 10.2 Å². The molecule has 3 aromatic rings. The molecule has 1 aliphatic heterocycles. The van der Waals surface area contributed by atoms with E-state index >= 15 is 0 Å². The first-order valence-corrected chi connectivity index (χ1v) is 10.7. The molecule has 0 aliphatic carbocycles. The maximum Gasteiger partial charge on any atom is 0.234 e. The molecule has 29 heavy (non-hydrogen) atoms. The summed E-state index contributed by atoms with van der Waals surface area (Å²) < 4.78 is 1.67. The van der Waals surface area contributed by atoms with E-state index in [1.165, 1.54) is 30.3 Å². The molecule has 1 saturated heterocycles. The van der Waals surface area contributed by atoms with Crippen LogP contribution in [-0.2, 0) is 4.79 Å². The molecule has 0 radical (unpaired) electrons. The van der Waals surface area contributed by atoms with Crippen LogP contribution in [0.25, 0.3) is 5.69 Å². The lowest BCUT2D eigenvalue weighted by molar-refractivity contribution is -0.113. The van der Waals surface area contributed by atoms with Crippen LogP contribution in [0.2, 0.25) is 0 Å². The molecule has 0 bridgehead atoms. The van der Waals surface area contributed by atoms with E-state index in [0.29, 0.717) is 5.16 Å². The number of amides is 1. The van der Waals surface area contributed by atoms with Gasteiger partial charge in [0.25, 0.3) is 0 Å². The molecule has 2 heterocycles. The van der Waals surface area contributed by atoms with Gasteiger partial charge in [0.15, 0.2) is 0 Å². The van der Waals surface area contributed by atoms with Gasteiger partial charge in [-0.15, -0.1) is 5.10 Å². The Hall–Kier alpha value is -2.87. The van der Waals surface area contributed by atoms with Crippen molar-refractivity contribution in [3.05, 3.63) is 53.6 Å². The molecule has 7 nitrogen and oxygen atoms in total. The third-order valence-electron chi connectivity index (χ3n) is 4.85. The molecule has 1 aliphatic rings. The Kier molecular flexibility index (Phi) is 5.80. The zero-order valence-electron chi connectivity index (χ0n) is 16.6. The van der Waals surface area contributed by atoms with E-state index < -0.39 is 0 Å². The molecule has 4 rings (SSSR count). The first kappa shape index (κ1) is 19.4. The number of nitrogens with one attached hydrogen (secondary N) is 1. The van der Waals surface area contributed by atoms with Crippen molar-refractivity contribution < 1.29 is 4.79 Å². The minimum Gasteiger partial charge on any atom is -0.372 e. The largest absolute Gasteiger partial charge is 0.372 e. The molecule has 2 aromatic carbocycles. The lowest BCUT2D eigenvalue weighted by Crippen LogP contribution is -2.18. The topological polar surface area (TPSA) is 75.9 Å². The van der Waals surface area contributed by atoms with Gasteiger partial charge in [0.05, 0.1) is 11.4 Å². The smallest absolute Gasteiger partial charge is 0.234 e. The predicted molar refractivity (Wildman–Crippen MR) is 116 cm³/mol. The fourth-order valence-corrected chi connectivity index (χ4v) is 4.25. The van der Waals surface area contributed by atoms with Gasteiger partial charge in [-0.3, -0.25) is 4.79 Å².